The first-order chi connectivity index (χ1) is 15.6. The van der Waals surface area contributed by atoms with Crippen molar-refractivity contribution in [2.24, 2.45) is 0 Å². The van der Waals surface area contributed by atoms with Crippen LogP contribution in [0.2, 0.25) is 0 Å². The molecule has 0 saturated heterocycles. The third-order valence-electron chi connectivity index (χ3n) is 5.01. The number of fused-ring (bicyclic) bond motifs is 1. The first-order valence-electron chi connectivity index (χ1n) is 10.7. The Morgan fingerprint density at radius 1 is 1.06 bits per heavy atom. The Morgan fingerprint density at radius 2 is 1.67 bits per heavy atom. The van der Waals surface area contributed by atoms with Gasteiger partial charge < -0.3 is 14.6 Å². The van der Waals surface area contributed by atoms with Gasteiger partial charge in [-0.2, -0.15) is 0 Å². The highest BCUT2D eigenvalue weighted by molar-refractivity contribution is 5.86. The van der Waals surface area contributed by atoms with Crippen molar-refractivity contribution in [2.75, 3.05) is 13.2 Å². The number of carbonyl (C=O) groups excluding carboxylic acids is 2. The lowest BCUT2D eigenvalue weighted by atomic mass is 9.84. The summed E-state index contributed by atoms with van der Waals surface area (Å²) in [6, 6.07) is 11.1. The second-order valence-corrected chi connectivity index (χ2v) is 8.88. The van der Waals surface area contributed by atoms with Crippen LogP contribution in [0.4, 0.5) is 0 Å². The number of phenolic OH excluding ortho intramolecular Hbond substituents is 1. The van der Waals surface area contributed by atoms with E-state index in [2.05, 4.69) is 16.8 Å². The van der Waals surface area contributed by atoms with Crippen LogP contribution < -0.4 is 0 Å². The first kappa shape index (κ1) is 24.0. The molecule has 8 nitrogen and oxygen atoms in total. The van der Waals surface area contributed by atoms with Crippen LogP contribution in [0.15, 0.2) is 48.6 Å². The molecule has 3 rings (SSSR count). The number of benzene rings is 2. The number of aryl methyl sites for hydroxylation is 1. The van der Waals surface area contributed by atoms with Gasteiger partial charge in [0.1, 0.15) is 35.7 Å². The molecule has 33 heavy (non-hydrogen) atoms. The largest absolute Gasteiger partial charge is 0.505 e. The molecule has 0 aliphatic carbocycles. The lowest BCUT2D eigenvalue weighted by molar-refractivity contribution is -0.150. The molecule has 0 atom stereocenters. The summed E-state index contributed by atoms with van der Waals surface area (Å²) < 4.78 is 10.1. The summed E-state index contributed by atoms with van der Waals surface area (Å²) in [5, 5.41) is 20.0. The molecule has 0 spiro atoms. The van der Waals surface area contributed by atoms with E-state index in [0.717, 1.165) is 22.2 Å². The van der Waals surface area contributed by atoms with Gasteiger partial charge in [0.05, 0.1) is 0 Å². The quantitative estimate of drug-likeness (QED) is 0.313. The standard InChI is InChI=1S/C25H29N3O5/c1-16(2)24(31)33-13-12-32-22(29)11-10-17-14-18(25(3,4)5)23(30)21(15-17)28-26-19-8-6-7-9-20(19)27-28/h6-9,14-15,30H,1,10-13H2,2-5H3. The fraction of sp³-hybridized carbons (Fsp3) is 0.360. The fourth-order valence-electron chi connectivity index (χ4n) is 3.24. The highest BCUT2D eigenvalue weighted by Gasteiger charge is 2.23. The smallest absolute Gasteiger partial charge is 0.333 e. The van der Waals surface area contributed by atoms with Gasteiger partial charge in [0.15, 0.2) is 0 Å². The maximum atomic E-state index is 12.2. The predicted octanol–water partition coefficient (Wildman–Crippen LogP) is 4.02. The van der Waals surface area contributed by atoms with Gasteiger partial charge in [-0.05, 0) is 42.5 Å². The van der Waals surface area contributed by atoms with Crippen LogP contribution in [-0.4, -0.2) is 45.3 Å². The minimum Gasteiger partial charge on any atom is -0.505 e. The van der Waals surface area contributed by atoms with Crippen molar-refractivity contribution in [3.8, 4) is 11.4 Å². The molecule has 1 N–H and O–H groups in total. The van der Waals surface area contributed by atoms with Crippen LogP contribution >= 0.6 is 0 Å². The van der Waals surface area contributed by atoms with Crippen molar-refractivity contribution in [3.05, 3.63) is 59.7 Å². The summed E-state index contributed by atoms with van der Waals surface area (Å²) in [5.74, 6) is -0.818. The van der Waals surface area contributed by atoms with E-state index in [1.54, 1.807) is 13.0 Å². The number of esters is 2. The lowest BCUT2D eigenvalue weighted by Gasteiger charge is -2.23. The molecule has 0 fully saturated rings. The molecule has 0 aliphatic rings. The summed E-state index contributed by atoms with van der Waals surface area (Å²) in [7, 11) is 0. The van der Waals surface area contributed by atoms with Crippen molar-refractivity contribution in [1.29, 1.82) is 0 Å². The van der Waals surface area contributed by atoms with E-state index in [1.165, 1.54) is 4.80 Å². The SMILES string of the molecule is C=C(C)C(=O)OCCOC(=O)CCc1cc(-n2nc3ccccc3n2)c(O)c(C(C)(C)C)c1. The Kier molecular flexibility index (Phi) is 7.16. The van der Waals surface area contributed by atoms with Gasteiger partial charge in [0.25, 0.3) is 0 Å². The Labute approximate surface area is 192 Å². The van der Waals surface area contributed by atoms with Gasteiger partial charge in [-0.3, -0.25) is 4.79 Å². The van der Waals surface area contributed by atoms with E-state index in [-0.39, 0.29) is 30.8 Å². The minimum absolute atomic E-state index is 0.0181. The highest BCUT2D eigenvalue weighted by atomic mass is 16.6. The molecule has 0 bridgehead atoms. The molecule has 8 heteroatoms. The van der Waals surface area contributed by atoms with Gasteiger partial charge in [0, 0.05) is 17.6 Å². The van der Waals surface area contributed by atoms with Gasteiger partial charge in [0.2, 0.25) is 0 Å². The number of ether oxygens (including phenoxy) is 2. The number of carbonyl (C=O) groups is 2. The molecule has 1 heterocycles. The van der Waals surface area contributed by atoms with E-state index in [1.807, 2.05) is 51.1 Å². The normalized spacial score (nSPS) is 11.4. The van der Waals surface area contributed by atoms with Crippen LogP contribution in [0.25, 0.3) is 16.7 Å². The van der Waals surface area contributed by atoms with Gasteiger partial charge in [-0.1, -0.05) is 45.5 Å². The monoisotopic (exact) mass is 451 g/mol. The summed E-state index contributed by atoms with van der Waals surface area (Å²) in [6.07, 6.45) is 0.540. The number of hydrogen-bond acceptors (Lipinski definition) is 7. The first-order valence-corrected chi connectivity index (χ1v) is 10.7. The van der Waals surface area contributed by atoms with E-state index in [9.17, 15) is 14.7 Å². The zero-order valence-corrected chi connectivity index (χ0v) is 19.4. The minimum atomic E-state index is -0.516. The van der Waals surface area contributed by atoms with Gasteiger partial charge in [-0.25, -0.2) is 4.79 Å². The molecule has 0 aliphatic heterocycles. The topological polar surface area (TPSA) is 104 Å². The molecule has 0 radical (unpaired) electrons. The zero-order valence-electron chi connectivity index (χ0n) is 19.4. The second-order valence-electron chi connectivity index (χ2n) is 8.88. The van der Waals surface area contributed by atoms with E-state index in [4.69, 9.17) is 9.47 Å². The van der Waals surface area contributed by atoms with Crippen LogP contribution in [-0.2, 0) is 30.9 Å². The van der Waals surface area contributed by atoms with Crippen LogP contribution in [0, 0.1) is 0 Å². The molecule has 0 saturated carbocycles. The van der Waals surface area contributed by atoms with Crippen LogP contribution in [0.1, 0.15) is 45.2 Å². The van der Waals surface area contributed by atoms with Crippen molar-refractivity contribution >= 4 is 23.0 Å². The average molecular weight is 452 g/mol. The molecule has 174 valence electrons. The van der Waals surface area contributed by atoms with Crippen LogP contribution in [0.3, 0.4) is 0 Å². The summed E-state index contributed by atoms with van der Waals surface area (Å²) >= 11 is 0. The third-order valence-corrected chi connectivity index (χ3v) is 5.01. The van der Waals surface area contributed by atoms with Crippen molar-refractivity contribution in [3.63, 3.8) is 0 Å². The average Bonchev–Trinajstić information content (AvgIpc) is 3.18. The van der Waals surface area contributed by atoms with Crippen molar-refractivity contribution in [2.45, 2.75) is 46.0 Å². The molecular weight excluding hydrogens is 422 g/mol. The number of aromatic nitrogens is 3. The van der Waals surface area contributed by atoms with E-state index < -0.39 is 11.9 Å². The fourth-order valence-corrected chi connectivity index (χ4v) is 3.24. The third kappa shape index (κ3) is 5.97. The summed E-state index contributed by atoms with van der Waals surface area (Å²) in [6.45, 7) is 11.0. The molecule has 0 unspecified atom stereocenters. The Bertz CT molecular complexity index is 1160. The molecule has 0 amide bonds. The zero-order chi connectivity index (χ0) is 24.2. The highest BCUT2D eigenvalue weighted by Crippen LogP contribution is 2.36. The summed E-state index contributed by atoms with van der Waals surface area (Å²) in [5.41, 5.74) is 3.42. The molecule has 1 aromatic heterocycles. The number of phenols is 1. The number of hydrogen-bond donors (Lipinski definition) is 1. The maximum Gasteiger partial charge on any atom is 0.333 e. The summed E-state index contributed by atoms with van der Waals surface area (Å²) in [4.78, 5) is 24.9. The van der Waals surface area contributed by atoms with E-state index >= 15 is 0 Å². The lowest BCUT2D eigenvalue weighted by Crippen LogP contribution is -2.15. The molecule has 3 aromatic rings. The van der Waals surface area contributed by atoms with E-state index in [0.29, 0.717) is 17.7 Å². The Hall–Kier alpha value is -3.68. The van der Waals surface area contributed by atoms with Crippen molar-refractivity contribution < 1.29 is 24.2 Å². The van der Waals surface area contributed by atoms with Gasteiger partial charge >= 0.3 is 11.9 Å². The number of rotatable bonds is 8. The Morgan fingerprint density at radius 3 is 2.24 bits per heavy atom. The second kappa shape index (κ2) is 9.85. The number of nitrogens with zero attached hydrogens (tertiary/aromatic N) is 3. The van der Waals surface area contributed by atoms with Crippen molar-refractivity contribution in [1.82, 2.24) is 15.0 Å². The Balaban J connectivity index is 1.75. The van der Waals surface area contributed by atoms with Gasteiger partial charge in [-0.15, -0.1) is 15.0 Å². The molecule has 2 aromatic carbocycles. The van der Waals surface area contributed by atoms with Crippen LogP contribution in [0.5, 0.6) is 5.75 Å². The molecular formula is C25H29N3O5. The number of aromatic hydroxyl groups is 1. The predicted molar refractivity (Wildman–Crippen MR) is 124 cm³/mol. The maximum absolute atomic E-state index is 12.2.